The van der Waals surface area contributed by atoms with Crippen molar-refractivity contribution in [1.29, 1.82) is 0 Å². The average Bonchev–Trinajstić information content (AvgIpc) is 3.44. The zero-order valence-electron chi connectivity index (χ0n) is 19.9. The minimum Gasteiger partial charge on any atom is -0.492 e. The van der Waals surface area contributed by atoms with E-state index in [9.17, 15) is 9.59 Å². The van der Waals surface area contributed by atoms with Gasteiger partial charge in [0.15, 0.2) is 16.3 Å². The third-order valence-corrected chi connectivity index (χ3v) is 7.06. The van der Waals surface area contributed by atoms with Crippen molar-refractivity contribution in [2.75, 3.05) is 20.0 Å². The lowest BCUT2D eigenvalue weighted by Crippen LogP contribution is -2.39. The molecule has 0 N–H and O–H groups in total. The fourth-order valence-electron chi connectivity index (χ4n) is 4.22. The first-order valence-corrected chi connectivity index (χ1v) is 12.6. The molecule has 1 aromatic heterocycles. The molecule has 0 radical (unpaired) electrons. The highest BCUT2D eigenvalue weighted by Crippen LogP contribution is 2.38. The number of thiazole rings is 1. The summed E-state index contributed by atoms with van der Waals surface area (Å²) in [5.74, 6) is 1.22. The predicted molar refractivity (Wildman–Crippen MR) is 136 cm³/mol. The number of esters is 1. The van der Waals surface area contributed by atoms with Gasteiger partial charge in [0.1, 0.15) is 5.75 Å². The van der Waals surface area contributed by atoms with Gasteiger partial charge in [-0.25, -0.2) is 9.79 Å². The minimum absolute atomic E-state index is 0.117. The smallest absolute Gasteiger partial charge is 0.338 e. The minimum atomic E-state index is -0.735. The number of hydrogen-bond donors (Lipinski definition) is 0. The van der Waals surface area contributed by atoms with Gasteiger partial charge in [0, 0.05) is 0 Å². The average molecular weight is 527 g/mol. The van der Waals surface area contributed by atoms with Crippen molar-refractivity contribution in [2.45, 2.75) is 26.8 Å². The highest BCUT2D eigenvalue weighted by atomic mass is 35.5. The van der Waals surface area contributed by atoms with Crippen LogP contribution in [-0.2, 0) is 9.53 Å². The highest BCUT2D eigenvalue weighted by molar-refractivity contribution is 7.07. The van der Waals surface area contributed by atoms with Crippen molar-refractivity contribution in [3.05, 3.63) is 83.5 Å². The summed E-state index contributed by atoms with van der Waals surface area (Å²) in [4.78, 5) is 31.8. The van der Waals surface area contributed by atoms with E-state index in [0.29, 0.717) is 55.0 Å². The summed E-state index contributed by atoms with van der Waals surface area (Å²) in [6.07, 6.45) is 1.76. The van der Waals surface area contributed by atoms with Crippen LogP contribution in [0.4, 0.5) is 0 Å². The Kier molecular flexibility index (Phi) is 6.59. The number of benzene rings is 2. The molecule has 5 rings (SSSR count). The lowest BCUT2D eigenvalue weighted by Gasteiger charge is -2.24. The SMILES string of the molecule is CCOC(=O)C1=C(C)N=c2s/c(=C\c3ccc(OCC)c(Cl)c3)c(=O)n2[C@@H]1c1ccc2c(c1)OCO2. The second-order valence-electron chi connectivity index (χ2n) is 8.04. The zero-order chi connectivity index (χ0) is 25.4. The second-order valence-corrected chi connectivity index (χ2v) is 9.45. The molecular formula is C26H23ClN2O6S. The molecule has 0 fully saturated rings. The Hall–Kier alpha value is -3.56. The highest BCUT2D eigenvalue weighted by Gasteiger charge is 2.34. The van der Waals surface area contributed by atoms with Gasteiger partial charge < -0.3 is 18.9 Å². The van der Waals surface area contributed by atoms with Crippen molar-refractivity contribution in [3.63, 3.8) is 0 Å². The Balaban J connectivity index is 1.67. The molecule has 3 aromatic rings. The molecule has 2 aromatic carbocycles. The molecule has 8 nitrogen and oxygen atoms in total. The number of carbonyl (C=O) groups excluding carboxylic acids is 1. The van der Waals surface area contributed by atoms with Crippen molar-refractivity contribution >= 4 is 35.0 Å². The van der Waals surface area contributed by atoms with E-state index in [1.165, 1.54) is 15.9 Å². The van der Waals surface area contributed by atoms with E-state index in [-0.39, 0.29) is 19.0 Å². The number of rotatable bonds is 6. The van der Waals surface area contributed by atoms with Crippen LogP contribution >= 0.6 is 22.9 Å². The third kappa shape index (κ3) is 4.29. The van der Waals surface area contributed by atoms with Gasteiger partial charge in [-0.1, -0.05) is 35.1 Å². The molecule has 1 atom stereocenters. The molecule has 0 aliphatic carbocycles. The molecule has 186 valence electrons. The summed E-state index contributed by atoms with van der Waals surface area (Å²) >= 11 is 7.59. The van der Waals surface area contributed by atoms with E-state index < -0.39 is 12.0 Å². The third-order valence-electron chi connectivity index (χ3n) is 5.78. The number of hydrogen-bond acceptors (Lipinski definition) is 8. The Bertz CT molecular complexity index is 1570. The van der Waals surface area contributed by atoms with Crippen molar-refractivity contribution < 1.29 is 23.7 Å². The summed E-state index contributed by atoms with van der Waals surface area (Å²) in [5, 5.41) is 0.456. The maximum atomic E-state index is 13.7. The fourth-order valence-corrected chi connectivity index (χ4v) is 5.51. The second kappa shape index (κ2) is 9.83. The van der Waals surface area contributed by atoms with Crippen LogP contribution in [0, 0.1) is 0 Å². The molecule has 0 saturated heterocycles. The molecule has 2 aliphatic rings. The summed E-state index contributed by atoms with van der Waals surface area (Å²) in [7, 11) is 0. The van der Waals surface area contributed by atoms with Crippen LogP contribution in [0.5, 0.6) is 17.2 Å². The van der Waals surface area contributed by atoms with Crippen LogP contribution in [-0.4, -0.2) is 30.5 Å². The molecule has 3 heterocycles. The summed E-state index contributed by atoms with van der Waals surface area (Å²) in [5.41, 5.74) is 1.95. The van der Waals surface area contributed by atoms with Crippen molar-refractivity contribution in [2.24, 2.45) is 4.99 Å². The van der Waals surface area contributed by atoms with Gasteiger partial charge in [-0.3, -0.25) is 9.36 Å². The zero-order valence-corrected chi connectivity index (χ0v) is 21.4. The van der Waals surface area contributed by atoms with Gasteiger partial charge in [-0.15, -0.1) is 0 Å². The normalized spacial score (nSPS) is 16.6. The molecule has 0 spiro atoms. The molecule has 0 amide bonds. The van der Waals surface area contributed by atoms with Gasteiger partial charge >= 0.3 is 5.97 Å². The summed E-state index contributed by atoms with van der Waals surface area (Å²) in [6, 6.07) is 9.99. The van der Waals surface area contributed by atoms with E-state index in [2.05, 4.69) is 4.99 Å². The predicted octanol–water partition coefficient (Wildman–Crippen LogP) is 3.58. The Morgan fingerprint density at radius 2 is 2.00 bits per heavy atom. The number of fused-ring (bicyclic) bond motifs is 2. The van der Waals surface area contributed by atoms with Crippen LogP contribution in [0.15, 0.2) is 57.5 Å². The first-order valence-electron chi connectivity index (χ1n) is 11.4. The van der Waals surface area contributed by atoms with E-state index in [4.69, 9.17) is 30.5 Å². The van der Waals surface area contributed by atoms with Crippen LogP contribution in [0.25, 0.3) is 6.08 Å². The quantitative estimate of drug-likeness (QED) is 0.456. The number of allylic oxidation sites excluding steroid dienone is 1. The van der Waals surface area contributed by atoms with Crippen LogP contribution in [0.2, 0.25) is 5.02 Å². The van der Waals surface area contributed by atoms with E-state index >= 15 is 0 Å². The molecule has 10 heteroatoms. The maximum Gasteiger partial charge on any atom is 0.338 e. The summed E-state index contributed by atoms with van der Waals surface area (Å²) in [6.45, 7) is 6.18. The largest absolute Gasteiger partial charge is 0.492 e. The van der Waals surface area contributed by atoms with Crippen LogP contribution < -0.4 is 29.1 Å². The lowest BCUT2D eigenvalue weighted by atomic mass is 9.95. The topological polar surface area (TPSA) is 88.4 Å². The summed E-state index contributed by atoms with van der Waals surface area (Å²) < 4.78 is 23.8. The molecule has 0 saturated carbocycles. The van der Waals surface area contributed by atoms with Gasteiger partial charge in [0.2, 0.25) is 6.79 Å². The van der Waals surface area contributed by atoms with E-state index in [1.807, 2.05) is 19.1 Å². The number of carbonyl (C=O) groups is 1. The number of ether oxygens (including phenoxy) is 4. The molecule has 36 heavy (non-hydrogen) atoms. The van der Waals surface area contributed by atoms with E-state index in [1.54, 1.807) is 44.2 Å². The standard InChI is InChI=1S/C26H23ClN2O6S/c1-4-32-18-8-6-15(10-17(18)27)11-21-24(30)29-23(16-7-9-19-20(12-16)35-13-34-19)22(25(31)33-5-2)14(3)28-26(29)36-21/h6-12,23H,4-5,13H2,1-3H3/b21-11-/t23-/m1/s1. The number of nitrogens with zero attached hydrogens (tertiary/aromatic N) is 2. The molecule has 0 bridgehead atoms. The molecule has 0 unspecified atom stereocenters. The first kappa shape index (κ1) is 24.1. The van der Waals surface area contributed by atoms with Crippen molar-refractivity contribution in [1.82, 2.24) is 4.57 Å². The molecular weight excluding hydrogens is 504 g/mol. The van der Waals surface area contributed by atoms with E-state index in [0.717, 1.165) is 5.56 Å². The monoisotopic (exact) mass is 526 g/mol. The number of aromatic nitrogens is 1. The molecule has 2 aliphatic heterocycles. The lowest BCUT2D eigenvalue weighted by molar-refractivity contribution is -0.139. The fraction of sp³-hybridized carbons (Fsp3) is 0.269. The Morgan fingerprint density at radius 3 is 2.75 bits per heavy atom. The van der Waals surface area contributed by atoms with Gasteiger partial charge in [0.25, 0.3) is 5.56 Å². The number of halogens is 1. The Morgan fingerprint density at radius 1 is 1.19 bits per heavy atom. The van der Waals surface area contributed by atoms with Crippen molar-refractivity contribution in [3.8, 4) is 17.2 Å². The van der Waals surface area contributed by atoms with Crippen LogP contribution in [0.3, 0.4) is 0 Å². The Labute approximate surface area is 215 Å². The van der Waals surface area contributed by atoms with Crippen LogP contribution in [0.1, 0.15) is 37.9 Å². The van der Waals surface area contributed by atoms with Gasteiger partial charge in [0.05, 0.1) is 40.1 Å². The first-order chi connectivity index (χ1) is 17.4. The maximum absolute atomic E-state index is 13.7. The van der Waals surface area contributed by atoms with Gasteiger partial charge in [-0.05, 0) is 62.2 Å². The van der Waals surface area contributed by atoms with Gasteiger partial charge in [-0.2, -0.15) is 0 Å².